The maximum atomic E-state index is 13.5. The largest absolute Gasteiger partial charge is 0.467 e. The standard InChI is InChI=1S/C23H31N3O3/c1-3-25-10-12-26(13-11-25)21(28)18-14-16-8-9-22(18,2)15-23(16)24-20(27)17-6-4-5-7-19(17)29-23/h4-7,16,18H,3,8-15H2,1-2H3,(H,24,27)/t16-,18-,22+,23-/m0/s1. The lowest BCUT2D eigenvalue weighted by Gasteiger charge is -2.60. The van der Waals surface area contributed by atoms with Crippen molar-refractivity contribution in [1.29, 1.82) is 0 Å². The van der Waals surface area contributed by atoms with Crippen molar-refractivity contribution < 1.29 is 14.3 Å². The molecule has 0 unspecified atom stereocenters. The number of para-hydroxylation sites is 1. The van der Waals surface area contributed by atoms with Crippen LogP contribution in [0, 0.1) is 17.3 Å². The molecule has 2 amide bonds. The number of nitrogens with one attached hydrogen (secondary N) is 1. The molecule has 5 aliphatic rings. The van der Waals surface area contributed by atoms with Crippen LogP contribution in [0.25, 0.3) is 0 Å². The number of carbonyl (C=O) groups excluding carboxylic acids is 2. The van der Waals surface area contributed by atoms with Crippen LogP contribution >= 0.6 is 0 Å². The van der Waals surface area contributed by atoms with Crippen LogP contribution in [0.15, 0.2) is 24.3 Å². The van der Waals surface area contributed by atoms with Crippen LogP contribution in [0.5, 0.6) is 5.75 Å². The SMILES string of the molecule is CCN1CCN(C(=O)[C@@H]2C[C@@H]3CC[C@]2(C)C[C@@]32NC(=O)c3ccccc3O2)CC1. The minimum Gasteiger partial charge on any atom is -0.467 e. The third-order valence-electron chi connectivity index (χ3n) is 7.93. The Labute approximate surface area is 172 Å². The van der Waals surface area contributed by atoms with Crippen LogP contribution in [-0.4, -0.2) is 60.1 Å². The van der Waals surface area contributed by atoms with Crippen LogP contribution < -0.4 is 10.1 Å². The van der Waals surface area contributed by atoms with E-state index in [-0.39, 0.29) is 23.2 Å². The molecule has 6 rings (SSSR count). The van der Waals surface area contributed by atoms with Crippen LogP contribution in [0.3, 0.4) is 0 Å². The van der Waals surface area contributed by atoms with E-state index in [0.29, 0.717) is 23.6 Å². The number of hydrogen-bond donors (Lipinski definition) is 1. The fourth-order valence-corrected chi connectivity index (χ4v) is 6.14. The van der Waals surface area contributed by atoms with Gasteiger partial charge in [-0.3, -0.25) is 9.59 Å². The molecule has 1 N–H and O–H groups in total. The van der Waals surface area contributed by atoms with Gasteiger partial charge in [-0.1, -0.05) is 26.0 Å². The Balaban J connectivity index is 1.37. The van der Waals surface area contributed by atoms with E-state index in [2.05, 4.69) is 29.0 Å². The normalized spacial score (nSPS) is 36.5. The molecule has 0 aromatic heterocycles. The highest BCUT2D eigenvalue weighted by Gasteiger charge is 2.62. The van der Waals surface area contributed by atoms with Crippen LogP contribution in [0.4, 0.5) is 0 Å². The number of benzene rings is 1. The average Bonchev–Trinajstić information content (AvgIpc) is 2.73. The van der Waals surface area contributed by atoms with Gasteiger partial charge in [-0.25, -0.2) is 0 Å². The zero-order valence-electron chi connectivity index (χ0n) is 17.4. The van der Waals surface area contributed by atoms with Gasteiger partial charge in [-0.2, -0.15) is 0 Å². The Morgan fingerprint density at radius 2 is 2.00 bits per heavy atom. The van der Waals surface area contributed by atoms with E-state index < -0.39 is 5.72 Å². The minimum atomic E-state index is -0.671. The molecular formula is C23H31N3O3. The molecule has 2 bridgehead atoms. The first-order valence-corrected chi connectivity index (χ1v) is 11.1. The highest BCUT2D eigenvalue weighted by molar-refractivity contribution is 5.98. The predicted octanol–water partition coefficient (Wildman–Crippen LogP) is 2.50. The molecular weight excluding hydrogens is 366 g/mol. The van der Waals surface area contributed by atoms with E-state index in [9.17, 15) is 9.59 Å². The second-order valence-corrected chi connectivity index (χ2v) is 9.56. The highest BCUT2D eigenvalue weighted by Crippen LogP contribution is 2.59. The molecule has 1 saturated heterocycles. The first-order chi connectivity index (χ1) is 13.9. The number of amides is 2. The summed E-state index contributed by atoms with van der Waals surface area (Å²) in [6.07, 6.45) is 3.51. The van der Waals surface area contributed by atoms with Gasteiger partial charge in [0, 0.05) is 44.4 Å². The van der Waals surface area contributed by atoms with Crippen molar-refractivity contribution >= 4 is 11.8 Å². The number of likely N-dealkylation sites (N-methyl/N-ethyl adjacent to an activating group) is 1. The van der Waals surface area contributed by atoms with E-state index in [1.807, 2.05) is 24.3 Å². The maximum Gasteiger partial charge on any atom is 0.258 e. The number of piperazine rings is 1. The summed E-state index contributed by atoms with van der Waals surface area (Å²) in [7, 11) is 0. The van der Waals surface area contributed by atoms with Gasteiger partial charge < -0.3 is 19.9 Å². The molecule has 1 spiro atoms. The molecule has 1 aromatic rings. The van der Waals surface area contributed by atoms with Gasteiger partial charge in [0.25, 0.3) is 5.91 Å². The van der Waals surface area contributed by atoms with E-state index >= 15 is 0 Å². The van der Waals surface area contributed by atoms with E-state index in [1.165, 1.54) is 0 Å². The fourth-order valence-electron chi connectivity index (χ4n) is 6.14. The summed E-state index contributed by atoms with van der Waals surface area (Å²) in [6.45, 7) is 9.04. The van der Waals surface area contributed by atoms with Crippen molar-refractivity contribution in [3.63, 3.8) is 0 Å². The number of nitrogens with zero attached hydrogens (tertiary/aromatic N) is 2. The monoisotopic (exact) mass is 397 g/mol. The van der Waals surface area contributed by atoms with Crippen molar-refractivity contribution in [3.8, 4) is 5.75 Å². The Hall–Kier alpha value is -2.08. The van der Waals surface area contributed by atoms with Gasteiger partial charge in [0.15, 0.2) is 5.72 Å². The van der Waals surface area contributed by atoms with Crippen molar-refractivity contribution in [1.82, 2.24) is 15.1 Å². The number of ether oxygens (including phenoxy) is 1. The lowest BCUT2D eigenvalue weighted by atomic mass is 9.52. The Bertz CT molecular complexity index is 834. The summed E-state index contributed by atoms with van der Waals surface area (Å²) in [6, 6.07) is 7.47. The molecule has 156 valence electrons. The van der Waals surface area contributed by atoms with Crippen LogP contribution in [0.2, 0.25) is 0 Å². The van der Waals surface area contributed by atoms with Gasteiger partial charge in [0.05, 0.1) is 5.56 Å². The van der Waals surface area contributed by atoms with E-state index in [0.717, 1.165) is 52.0 Å². The summed E-state index contributed by atoms with van der Waals surface area (Å²) in [5, 5.41) is 3.20. The van der Waals surface area contributed by atoms with Gasteiger partial charge in [0.1, 0.15) is 5.75 Å². The molecule has 2 heterocycles. The number of carbonyl (C=O) groups is 2. The number of hydrogen-bond acceptors (Lipinski definition) is 4. The fraction of sp³-hybridized carbons (Fsp3) is 0.652. The summed E-state index contributed by atoms with van der Waals surface area (Å²) in [5.74, 6) is 1.13. The highest BCUT2D eigenvalue weighted by atomic mass is 16.5. The lowest BCUT2D eigenvalue weighted by molar-refractivity contribution is -0.175. The van der Waals surface area contributed by atoms with Crippen molar-refractivity contribution in [2.45, 2.75) is 45.3 Å². The molecule has 3 saturated carbocycles. The van der Waals surface area contributed by atoms with Gasteiger partial charge in [-0.15, -0.1) is 0 Å². The molecule has 4 fully saturated rings. The first kappa shape index (κ1) is 18.9. The molecule has 4 atom stereocenters. The summed E-state index contributed by atoms with van der Waals surface area (Å²) in [5.41, 5.74) is -0.213. The van der Waals surface area contributed by atoms with Crippen molar-refractivity contribution in [2.75, 3.05) is 32.7 Å². The summed E-state index contributed by atoms with van der Waals surface area (Å²) >= 11 is 0. The molecule has 3 aliphatic carbocycles. The molecule has 6 heteroatoms. The number of fused-ring (bicyclic) bond motifs is 3. The average molecular weight is 398 g/mol. The molecule has 0 radical (unpaired) electrons. The smallest absolute Gasteiger partial charge is 0.258 e. The zero-order chi connectivity index (χ0) is 20.2. The van der Waals surface area contributed by atoms with Crippen LogP contribution in [0.1, 0.15) is 49.9 Å². The molecule has 1 aromatic carbocycles. The summed E-state index contributed by atoms with van der Waals surface area (Å²) < 4.78 is 6.47. The Morgan fingerprint density at radius 3 is 2.72 bits per heavy atom. The second-order valence-electron chi connectivity index (χ2n) is 9.56. The van der Waals surface area contributed by atoms with E-state index in [4.69, 9.17) is 4.74 Å². The van der Waals surface area contributed by atoms with Crippen LogP contribution in [-0.2, 0) is 4.79 Å². The number of rotatable bonds is 2. The topological polar surface area (TPSA) is 61.9 Å². The van der Waals surface area contributed by atoms with Gasteiger partial charge in [-0.05, 0) is 43.4 Å². The van der Waals surface area contributed by atoms with Crippen molar-refractivity contribution in [2.24, 2.45) is 17.3 Å². The minimum absolute atomic E-state index is 0.0257. The maximum absolute atomic E-state index is 13.5. The second kappa shape index (κ2) is 6.73. The first-order valence-electron chi connectivity index (χ1n) is 11.1. The Morgan fingerprint density at radius 1 is 1.24 bits per heavy atom. The summed E-state index contributed by atoms with van der Waals surface area (Å²) in [4.78, 5) is 30.7. The Kier molecular flexibility index (Phi) is 4.39. The quantitative estimate of drug-likeness (QED) is 0.833. The molecule has 2 aliphatic heterocycles. The molecule has 6 nitrogen and oxygen atoms in total. The third-order valence-corrected chi connectivity index (χ3v) is 7.93. The van der Waals surface area contributed by atoms with Gasteiger partial charge >= 0.3 is 0 Å². The zero-order valence-corrected chi connectivity index (χ0v) is 17.4. The van der Waals surface area contributed by atoms with E-state index in [1.54, 1.807) is 0 Å². The third kappa shape index (κ3) is 2.95. The predicted molar refractivity (Wildman–Crippen MR) is 110 cm³/mol. The molecule has 29 heavy (non-hydrogen) atoms. The van der Waals surface area contributed by atoms with Gasteiger partial charge in [0.2, 0.25) is 5.91 Å². The lowest BCUT2D eigenvalue weighted by Crippen LogP contribution is -2.69. The van der Waals surface area contributed by atoms with Crippen molar-refractivity contribution in [3.05, 3.63) is 29.8 Å².